The molecule has 1 aliphatic rings. The minimum absolute atomic E-state index is 0.00626. The van der Waals surface area contributed by atoms with E-state index in [1.165, 1.54) is 10.5 Å². The van der Waals surface area contributed by atoms with Gasteiger partial charge in [-0.15, -0.1) is 0 Å². The lowest BCUT2D eigenvalue weighted by Gasteiger charge is -2.34. The largest absolute Gasteiger partial charge is 0.477 e. The van der Waals surface area contributed by atoms with Crippen LogP contribution in [-0.2, 0) is 16.2 Å². The summed E-state index contributed by atoms with van der Waals surface area (Å²) in [4.78, 5) is 13.9. The van der Waals surface area contributed by atoms with E-state index >= 15 is 0 Å². The first-order valence-electron chi connectivity index (χ1n) is 11.3. The molecule has 10 nitrogen and oxygen atoms in total. The van der Waals surface area contributed by atoms with Gasteiger partial charge in [0.25, 0.3) is 0 Å². The van der Waals surface area contributed by atoms with Gasteiger partial charge in [-0.25, -0.2) is 13.4 Å². The Morgan fingerprint density at radius 1 is 1.03 bits per heavy atom. The van der Waals surface area contributed by atoms with Gasteiger partial charge < -0.3 is 14.2 Å². The molecule has 0 aliphatic carbocycles. The second-order valence-corrected chi connectivity index (χ2v) is 10.1. The molecule has 0 amide bonds. The number of sulfonamides is 1. The summed E-state index contributed by atoms with van der Waals surface area (Å²) < 4.78 is 76.2. The summed E-state index contributed by atoms with van der Waals surface area (Å²) >= 11 is 0. The van der Waals surface area contributed by atoms with E-state index in [1.54, 1.807) is 30.0 Å². The first kappa shape index (κ1) is 24.9. The van der Waals surface area contributed by atoms with Crippen molar-refractivity contribution in [2.75, 3.05) is 37.7 Å². The molecule has 5 rings (SSSR count). The molecular weight excluding hydrogens is 513 g/mol. The molecule has 14 heteroatoms. The van der Waals surface area contributed by atoms with Gasteiger partial charge in [0.1, 0.15) is 5.56 Å². The average molecular weight is 535 g/mol. The van der Waals surface area contributed by atoms with Gasteiger partial charge in [-0.2, -0.15) is 27.4 Å². The summed E-state index contributed by atoms with van der Waals surface area (Å²) in [5.74, 6) is -1.60. The molecule has 1 saturated heterocycles. The Morgan fingerprint density at radius 3 is 2.43 bits per heavy atom. The lowest BCUT2D eigenvalue weighted by atomic mass is 10.1. The average Bonchev–Trinajstić information content (AvgIpc) is 3.40. The quantitative estimate of drug-likeness (QED) is 0.366. The fourth-order valence-electron chi connectivity index (χ4n) is 3.96. The lowest BCUT2D eigenvalue weighted by molar-refractivity contribution is -0.159. The van der Waals surface area contributed by atoms with E-state index in [0.29, 0.717) is 13.1 Å². The zero-order chi connectivity index (χ0) is 26.2. The molecule has 2 aromatic heterocycles. The number of nitrogens with zero attached hydrogens (tertiary/aromatic N) is 6. The number of benzene rings is 2. The molecule has 0 unspecified atom stereocenters. The van der Waals surface area contributed by atoms with Crippen LogP contribution in [0.25, 0.3) is 22.2 Å². The van der Waals surface area contributed by atoms with Crippen molar-refractivity contribution in [2.45, 2.75) is 18.0 Å². The number of hydrogen-bond acceptors (Lipinski definition) is 9. The molecule has 0 spiro atoms. The highest BCUT2D eigenvalue weighted by atomic mass is 32.2. The number of anilines is 1. The molecule has 37 heavy (non-hydrogen) atoms. The van der Waals surface area contributed by atoms with Gasteiger partial charge >= 0.3 is 12.1 Å². The van der Waals surface area contributed by atoms with E-state index in [-0.39, 0.29) is 47.8 Å². The van der Waals surface area contributed by atoms with Crippen molar-refractivity contribution in [1.82, 2.24) is 24.4 Å². The van der Waals surface area contributed by atoms with Crippen LogP contribution in [0.15, 0.2) is 58.1 Å². The van der Waals surface area contributed by atoms with Crippen molar-refractivity contribution in [3.05, 3.63) is 54.6 Å². The van der Waals surface area contributed by atoms with Crippen LogP contribution in [0.3, 0.4) is 0 Å². The van der Waals surface area contributed by atoms with Gasteiger partial charge in [-0.1, -0.05) is 35.5 Å². The van der Waals surface area contributed by atoms with Crippen molar-refractivity contribution in [3.63, 3.8) is 0 Å². The van der Waals surface area contributed by atoms with Crippen molar-refractivity contribution >= 4 is 26.7 Å². The van der Waals surface area contributed by atoms with Crippen molar-refractivity contribution in [3.8, 4) is 17.3 Å². The molecule has 4 aromatic rings. The van der Waals surface area contributed by atoms with Crippen LogP contribution in [0, 0.1) is 0 Å². The normalized spacial score (nSPS) is 15.3. The van der Waals surface area contributed by atoms with Crippen LogP contribution in [0.5, 0.6) is 5.88 Å². The fraction of sp³-hybridized carbons (Fsp3) is 0.304. The Labute approximate surface area is 209 Å². The summed E-state index contributed by atoms with van der Waals surface area (Å²) in [6.45, 7) is 2.88. The zero-order valence-electron chi connectivity index (χ0n) is 19.5. The van der Waals surface area contributed by atoms with E-state index in [0.717, 1.165) is 10.8 Å². The van der Waals surface area contributed by atoms with E-state index in [2.05, 4.69) is 24.6 Å². The third kappa shape index (κ3) is 4.93. The topological polar surface area (TPSA) is 115 Å². The third-order valence-corrected chi connectivity index (χ3v) is 7.71. The van der Waals surface area contributed by atoms with Crippen LogP contribution in [0.4, 0.5) is 19.1 Å². The Hall–Kier alpha value is -3.78. The molecule has 194 valence electrons. The highest BCUT2D eigenvalue weighted by Crippen LogP contribution is 2.32. The maximum atomic E-state index is 13.2. The highest BCUT2D eigenvalue weighted by molar-refractivity contribution is 7.89. The van der Waals surface area contributed by atoms with Crippen LogP contribution < -0.4 is 9.64 Å². The Kier molecular flexibility index (Phi) is 6.45. The second-order valence-electron chi connectivity index (χ2n) is 8.14. The number of ether oxygens (including phenoxy) is 1. The van der Waals surface area contributed by atoms with Crippen LogP contribution in [0.2, 0.25) is 0 Å². The number of fused-ring (bicyclic) bond motifs is 1. The summed E-state index contributed by atoms with van der Waals surface area (Å²) in [6, 6.07) is 12.6. The van der Waals surface area contributed by atoms with Crippen LogP contribution in [0.1, 0.15) is 12.8 Å². The molecular formula is C23H21F3N6O4S. The number of piperazine rings is 1. The van der Waals surface area contributed by atoms with Crippen molar-refractivity contribution < 1.29 is 30.8 Å². The highest BCUT2D eigenvalue weighted by Gasteiger charge is 2.39. The zero-order valence-corrected chi connectivity index (χ0v) is 20.3. The van der Waals surface area contributed by atoms with E-state index in [4.69, 9.17) is 4.74 Å². The van der Waals surface area contributed by atoms with Crippen LogP contribution in [-0.4, -0.2) is 65.6 Å². The number of rotatable bonds is 6. The van der Waals surface area contributed by atoms with Gasteiger partial charge in [0.2, 0.25) is 27.7 Å². The van der Waals surface area contributed by atoms with Gasteiger partial charge in [-0.3, -0.25) is 0 Å². The maximum absolute atomic E-state index is 13.2. The van der Waals surface area contributed by atoms with Crippen LogP contribution >= 0.6 is 0 Å². The van der Waals surface area contributed by atoms with E-state index in [9.17, 15) is 21.6 Å². The molecule has 1 fully saturated rings. The molecule has 0 atom stereocenters. The Balaban J connectivity index is 1.33. The monoisotopic (exact) mass is 534 g/mol. The number of hydrogen-bond donors (Lipinski definition) is 0. The summed E-state index contributed by atoms with van der Waals surface area (Å²) in [6.07, 6.45) is -3.53. The van der Waals surface area contributed by atoms with E-state index < -0.39 is 22.1 Å². The number of aromatic nitrogens is 4. The third-order valence-electron chi connectivity index (χ3n) is 5.81. The lowest BCUT2D eigenvalue weighted by Crippen LogP contribution is -2.49. The predicted molar refractivity (Wildman–Crippen MR) is 126 cm³/mol. The summed E-state index contributed by atoms with van der Waals surface area (Å²) in [7, 11) is -3.71. The molecule has 0 bridgehead atoms. The second kappa shape index (κ2) is 9.59. The van der Waals surface area contributed by atoms with Gasteiger partial charge in [0.05, 0.1) is 11.5 Å². The van der Waals surface area contributed by atoms with Crippen molar-refractivity contribution in [2.24, 2.45) is 0 Å². The first-order chi connectivity index (χ1) is 17.7. The Morgan fingerprint density at radius 2 is 1.76 bits per heavy atom. The van der Waals surface area contributed by atoms with E-state index in [1.807, 2.05) is 24.3 Å². The molecule has 0 N–H and O–H groups in total. The molecule has 1 aliphatic heterocycles. The van der Waals surface area contributed by atoms with Crippen molar-refractivity contribution in [1.29, 1.82) is 0 Å². The summed E-state index contributed by atoms with van der Waals surface area (Å²) in [5, 5.41) is 5.16. The fourth-order valence-corrected chi connectivity index (χ4v) is 5.42. The van der Waals surface area contributed by atoms with Gasteiger partial charge in [0.15, 0.2) is 0 Å². The minimum Gasteiger partial charge on any atom is -0.477 e. The summed E-state index contributed by atoms with van der Waals surface area (Å²) in [5.41, 5.74) is 0.0439. The minimum atomic E-state index is -4.79. The van der Waals surface area contributed by atoms with Gasteiger partial charge in [-0.05, 0) is 29.8 Å². The van der Waals surface area contributed by atoms with Gasteiger partial charge in [0, 0.05) is 32.4 Å². The maximum Gasteiger partial charge on any atom is 0.471 e. The smallest absolute Gasteiger partial charge is 0.471 e. The first-order valence-corrected chi connectivity index (χ1v) is 12.8. The molecule has 3 heterocycles. The molecule has 2 aromatic carbocycles. The SMILES string of the molecule is CCOc1nc(N2CCN(S(=O)(=O)c3ccc4ccccc4c3)CC2)ncc1-c1noc(C(F)(F)F)n1. The standard InChI is InChI=1S/C23H21F3N6O4S/c1-2-35-20-18(19-28-21(36-30-19)23(24,25)26)14-27-22(29-20)31-9-11-32(12-10-31)37(33,34)17-8-7-15-5-3-4-6-16(15)13-17/h3-8,13-14H,2,9-12H2,1H3. The molecule has 0 saturated carbocycles. The number of alkyl halides is 3. The Bertz CT molecular complexity index is 1540. The number of halogens is 3. The molecule has 0 radical (unpaired) electrons. The predicted octanol–water partition coefficient (Wildman–Crippen LogP) is 3.61.